The lowest BCUT2D eigenvalue weighted by molar-refractivity contribution is -0.150. The number of aliphatic hydroxyl groups is 1. The molecule has 3 nitrogen and oxygen atoms in total. The Balaban J connectivity index is 2.32. The summed E-state index contributed by atoms with van der Waals surface area (Å²) in [5.41, 5.74) is 2.11. The Morgan fingerprint density at radius 2 is 1.94 bits per heavy atom. The highest BCUT2D eigenvalue weighted by Crippen LogP contribution is 2.33. The second-order valence-electron chi connectivity index (χ2n) is 4.35. The minimum atomic E-state index is -0.647. The average molecular weight is 222 g/mol. The zero-order valence-corrected chi connectivity index (χ0v) is 9.77. The first-order valence-corrected chi connectivity index (χ1v) is 5.66. The molecular formula is C13H18O3. The number of aliphatic hydroxyl groups excluding tert-OH is 1. The van der Waals surface area contributed by atoms with E-state index < -0.39 is 5.79 Å². The minimum absolute atomic E-state index is 0.355. The second-order valence-corrected chi connectivity index (χ2v) is 4.35. The molecule has 0 amide bonds. The maximum atomic E-state index is 9.48. The quantitative estimate of drug-likeness (QED) is 0.848. The molecule has 88 valence electrons. The average Bonchev–Trinajstić information content (AvgIpc) is 2.66. The van der Waals surface area contributed by atoms with Crippen molar-refractivity contribution in [1.29, 1.82) is 0 Å². The highest BCUT2D eigenvalue weighted by atomic mass is 16.7. The van der Waals surface area contributed by atoms with Crippen molar-refractivity contribution < 1.29 is 14.6 Å². The predicted molar refractivity (Wildman–Crippen MR) is 61.1 cm³/mol. The Morgan fingerprint density at radius 1 is 1.31 bits per heavy atom. The fourth-order valence-electron chi connectivity index (χ4n) is 2.13. The van der Waals surface area contributed by atoms with E-state index in [4.69, 9.17) is 9.47 Å². The summed E-state index contributed by atoms with van der Waals surface area (Å²) < 4.78 is 11.3. The van der Waals surface area contributed by atoms with Gasteiger partial charge in [-0.15, -0.1) is 0 Å². The lowest BCUT2D eigenvalue weighted by Crippen LogP contribution is -2.25. The topological polar surface area (TPSA) is 38.7 Å². The molecule has 0 radical (unpaired) electrons. The van der Waals surface area contributed by atoms with E-state index in [1.165, 1.54) is 0 Å². The summed E-state index contributed by atoms with van der Waals surface area (Å²) in [5, 5.41) is 9.48. The van der Waals surface area contributed by atoms with Gasteiger partial charge in [-0.2, -0.15) is 0 Å². The molecule has 1 aromatic rings. The van der Waals surface area contributed by atoms with Crippen molar-refractivity contribution in [1.82, 2.24) is 0 Å². The van der Waals surface area contributed by atoms with Crippen molar-refractivity contribution >= 4 is 0 Å². The van der Waals surface area contributed by atoms with Gasteiger partial charge in [-0.1, -0.05) is 24.3 Å². The van der Waals surface area contributed by atoms with Gasteiger partial charge in [-0.3, -0.25) is 0 Å². The third-order valence-electron chi connectivity index (χ3n) is 2.86. The molecule has 1 aliphatic heterocycles. The Bertz CT molecular complexity index is 354. The van der Waals surface area contributed by atoms with Gasteiger partial charge in [-0.05, 0) is 25.8 Å². The Labute approximate surface area is 96.0 Å². The van der Waals surface area contributed by atoms with Gasteiger partial charge in [0.05, 0.1) is 19.3 Å². The van der Waals surface area contributed by atoms with Crippen LogP contribution in [0.25, 0.3) is 0 Å². The standard InChI is InChI=1S/C13H18O3/c1-10(14)9-11-5-3-4-6-12(11)13(2)15-7-8-16-13/h3-6,10,14H,7-9H2,1-2H3. The van der Waals surface area contributed by atoms with E-state index >= 15 is 0 Å². The number of hydrogen-bond acceptors (Lipinski definition) is 3. The minimum Gasteiger partial charge on any atom is -0.393 e. The van der Waals surface area contributed by atoms with Crippen molar-refractivity contribution in [2.75, 3.05) is 13.2 Å². The van der Waals surface area contributed by atoms with Gasteiger partial charge in [0.2, 0.25) is 0 Å². The zero-order valence-electron chi connectivity index (χ0n) is 9.77. The van der Waals surface area contributed by atoms with E-state index in [1.54, 1.807) is 6.92 Å². The van der Waals surface area contributed by atoms with Crippen molar-refractivity contribution in [2.45, 2.75) is 32.2 Å². The second kappa shape index (κ2) is 4.53. The molecule has 0 aromatic heterocycles. The molecule has 1 aliphatic rings. The monoisotopic (exact) mass is 222 g/mol. The van der Waals surface area contributed by atoms with Gasteiger partial charge in [0.25, 0.3) is 0 Å². The van der Waals surface area contributed by atoms with Crippen LogP contribution in [0.2, 0.25) is 0 Å². The van der Waals surface area contributed by atoms with Gasteiger partial charge in [0, 0.05) is 5.56 Å². The van der Waals surface area contributed by atoms with E-state index in [0.717, 1.165) is 11.1 Å². The largest absolute Gasteiger partial charge is 0.393 e. The van der Waals surface area contributed by atoms with Crippen LogP contribution in [0.3, 0.4) is 0 Å². The third kappa shape index (κ3) is 2.26. The SMILES string of the molecule is CC(O)Cc1ccccc1C1(C)OCCO1. The molecule has 1 heterocycles. The van der Waals surface area contributed by atoms with Crippen LogP contribution in [0.15, 0.2) is 24.3 Å². The van der Waals surface area contributed by atoms with Gasteiger partial charge in [0.15, 0.2) is 5.79 Å². The fourth-order valence-corrected chi connectivity index (χ4v) is 2.13. The molecule has 0 spiro atoms. The molecule has 16 heavy (non-hydrogen) atoms. The molecule has 0 saturated carbocycles. The summed E-state index contributed by atoms with van der Waals surface area (Å²) >= 11 is 0. The molecule has 0 bridgehead atoms. The molecular weight excluding hydrogens is 204 g/mol. The molecule has 1 fully saturated rings. The van der Waals surface area contributed by atoms with Crippen LogP contribution in [0.5, 0.6) is 0 Å². The lowest BCUT2D eigenvalue weighted by atomic mass is 9.96. The van der Waals surface area contributed by atoms with E-state index in [9.17, 15) is 5.11 Å². The first kappa shape index (κ1) is 11.6. The smallest absolute Gasteiger partial charge is 0.192 e. The molecule has 0 aliphatic carbocycles. The van der Waals surface area contributed by atoms with Crippen molar-refractivity contribution in [2.24, 2.45) is 0 Å². The van der Waals surface area contributed by atoms with Gasteiger partial charge < -0.3 is 14.6 Å². The Morgan fingerprint density at radius 3 is 2.56 bits per heavy atom. The maximum Gasteiger partial charge on any atom is 0.192 e. The number of ether oxygens (including phenoxy) is 2. The van der Waals surface area contributed by atoms with Gasteiger partial charge >= 0.3 is 0 Å². The first-order chi connectivity index (χ1) is 7.62. The van der Waals surface area contributed by atoms with E-state index in [2.05, 4.69) is 0 Å². The molecule has 2 rings (SSSR count). The summed E-state index contributed by atoms with van der Waals surface area (Å²) in [6, 6.07) is 7.96. The van der Waals surface area contributed by atoms with Gasteiger partial charge in [-0.25, -0.2) is 0 Å². The summed E-state index contributed by atoms with van der Waals surface area (Å²) in [6.45, 7) is 4.97. The zero-order chi connectivity index (χ0) is 11.6. The van der Waals surface area contributed by atoms with Crippen LogP contribution in [-0.2, 0) is 21.7 Å². The van der Waals surface area contributed by atoms with Gasteiger partial charge in [0.1, 0.15) is 0 Å². The summed E-state index contributed by atoms with van der Waals surface area (Å²) in [6.07, 6.45) is 0.268. The first-order valence-electron chi connectivity index (χ1n) is 5.66. The highest BCUT2D eigenvalue weighted by Gasteiger charge is 2.34. The maximum absolute atomic E-state index is 9.48. The summed E-state index contributed by atoms with van der Waals surface area (Å²) in [7, 11) is 0. The van der Waals surface area contributed by atoms with Crippen molar-refractivity contribution in [3.05, 3.63) is 35.4 Å². The Kier molecular flexibility index (Phi) is 3.28. The highest BCUT2D eigenvalue weighted by molar-refractivity contribution is 5.31. The van der Waals surface area contributed by atoms with E-state index in [1.807, 2.05) is 31.2 Å². The van der Waals surface area contributed by atoms with Crippen molar-refractivity contribution in [3.63, 3.8) is 0 Å². The molecule has 1 aromatic carbocycles. The van der Waals surface area contributed by atoms with E-state index in [0.29, 0.717) is 19.6 Å². The third-order valence-corrected chi connectivity index (χ3v) is 2.86. The van der Waals surface area contributed by atoms with Crippen LogP contribution >= 0.6 is 0 Å². The summed E-state index contributed by atoms with van der Waals surface area (Å²) in [4.78, 5) is 0. The van der Waals surface area contributed by atoms with Crippen LogP contribution in [0, 0.1) is 0 Å². The Hall–Kier alpha value is -0.900. The fraction of sp³-hybridized carbons (Fsp3) is 0.538. The molecule has 1 saturated heterocycles. The normalized spacial score (nSPS) is 20.9. The van der Waals surface area contributed by atoms with Crippen LogP contribution in [-0.4, -0.2) is 24.4 Å². The number of hydrogen-bond donors (Lipinski definition) is 1. The van der Waals surface area contributed by atoms with Crippen molar-refractivity contribution in [3.8, 4) is 0 Å². The number of rotatable bonds is 3. The molecule has 3 heteroatoms. The number of benzene rings is 1. The van der Waals surface area contributed by atoms with E-state index in [-0.39, 0.29) is 6.10 Å². The van der Waals surface area contributed by atoms with Crippen LogP contribution < -0.4 is 0 Å². The summed E-state index contributed by atoms with van der Waals surface area (Å²) in [5.74, 6) is -0.647. The molecule has 1 N–H and O–H groups in total. The molecule has 1 unspecified atom stereocenters. The predicted octanol–water partition coefficient (Wildman–Crippen LogP) is 1.83. The van der Waals surface area contributed by atoms with Crippen LogP contribution in [0.1, 0.15) is 25.0 Å². The molecule has 1 atom stereocenters. The van der Waals surface area contributed by atoms with Crippen LogP contribution in [0.4, 0.5) is 0 Å². The lowest BCUT2D eigenvalue weighted by Gasteiger charge is -2.25.